The van der Waals surface area contributed by atoms with Gasteiger partial charge in [-0.3, -0.25) is 9.52 Å². The van der Waals surface area contributed by atoms with Crippen molar-refractivity contribution in [2.45, 2.75) is 55.1 Å². The molecule has 1 amide bonds. The van der Waals surface area contributed by atoms with Crippen LogP contribution in [0.1, 0.15) is 43.2 Å². The third-order valence-electron chi connectivity index (χ3n) is 8.41. The van der Waals surface area contributed by atoms with E-state index in [1.54, 1.807) is 31.4 Å². The summed E-state index contributed by atoms with van der Waals surface area (Å²) in [6.07, 6.45) is 3.97. The average Bonchev–Trinajstić information content (AvgIpc) is 3.21. The fraction of sp³-hybridized carbons (Fsp3) is 0.387. The van der Waals surface area contributed by atoms with Crippen LogP contribution >= 0.6 is 0 Å². The fourth-order valence-corrected chi connectivity index (χ4v) is 7.31. The van der Waals surface area contributed by atoms with E-state index in [0.29, 0.717) is 30.8 Å². The predicted molar refractivity (Wildman–Crippen MR) is 156 cm³/mol. The highest BCUT2D eigenvalue weighted by atomic mass is 32.2. The normalized spacial score (nSPS) is 18.1. The van der Waals surface area contributed by atoms with Gasteiger partial charge in [-0.15, -0.1) is 0 Å². The lowest BCUT2D eigenvalue weighted by Gasteiger charge is -2.37. The summed E-state index contributed by atoms with van der Waals surface area (Å²) in [5.41, 5.74) is 2.22. The standard InChI is InChI=1S/C31H35N3O6S/c1-38-23-10-8-21(9-11-23)20-34-29-25(31(30(34)35)14-5-15-31)18-22(19-27(29)40-24-12-16-32-17-13-24)33-41(36,37)28-7-4-3-6-26(28)39-2/h3-4,6-11,18-19,24,32-33H,5,12-17,20H2,1-2H3. The van der Waals surface area contributed by atoms with Crippen molar-refractivity contribution < 1.29 is 27.4 Å². The molecule has 3 aliphatic rings. The Balaban J connectivity index is 1.43. The average molecular weight is 578 g/mol. The lowest BCUT2D eigenvalue weighted by Crippen LogP contribution is -2.44. The molecule has 9 nitrogen and oxygen atoms in total. The van der Waals surface area contributed by atoms with Gasteiger partial charge in [0, 0.05) is 6.07 Å². The van der Waals surface area contributed by atoms with Crippen molar-refractivity contribution in [3.63, 3.8) is 0 Å². The van der Waals surface area contributed by atoms with Crippen molar-refractivity contribution >= 4 is 27.3 Å². The number of piperidine rings is 1. The summed E-state index contributed by atoms with van der Waals surface area (Å²) in [5, 5.41) is 3.36. The van der Waals surface area contributed by atoms with Crippen LogP contribution in [0.15, 0.2) is 65.6 Å². The largest absolute Gasteiger partial charge is 0.497 e. The van der Waals surface area contributed by atoms with Gasteiger partial charge in [-0.2, -0.15) is 0 Å². The number of amides is 1. The summed E-state index contributed by atoms with van der Waals surface area (Å²) < 4.78 is 47.0. The smallest absolute Gasteiger partial charge is 0.265 e. The van der Waals surface area contributed by atoms with E-state index in [1.165, 1.54) is 13.2 Å². The van der Waals surface area contributed by atoms with Gasteiger partial charge in [0.15, 0.2) is 0 Å². The molecule has 1 aliphatic carbocycles. The van der Waals surface area contributed by atoms with Crippen molar-refractivity contribution in [2.24, 2.45) is 0 Å². The highest BCUT2D eigenvalue weighted by Gasteiger charge is 2.55. The van der Waals surface area contributed by atoms with Crippen LogP contribution < -0.4 is 29.1 Å². The molecule has 0 bridgehead atoms. The van der Waals surface area contributed by atoms with Crippen LogP contribution in [-0.4, -0.2) is 47.7 Å². The number of sulfonamides is 1. The first-order valence-electron chi connectivity index (χ1n) is 14.0. The van der Waals surface area contributed by atoms with Crippen molar-refractivity contribution in [3.05, 3.63) is 71.8 Å². The lowest BCUT2D eigenvalue weighted by molar-refractivity contribution is -0.126. The molecular formula is C31H35N3O6S. The summed E-state index contributed by atoms with van der Waals surface area (Å²) in [6, 6.07) is 17.7. The van der Waals surface area contributed by atoms with Crippen LogP contribution in [0.5, 0.6) is 17.2 Å². The van der Waals surface area contributed by atoms with Crippen molar-refractivity contribution in [3.8, 4) is 17.2 Å². The zero-order chi connectivity index (χ0) is 28.6. The Kier molecular flexibility index (Phi) is 7.29. The number of benzene rings is 3. The first kappa shape index (κ1) is 27.4. The molecular weight excluding hydrogens is 542 g/mol. The summed E-state index contributed by atoms with van der Waals surface area (Å²) in [5.74, 6) is 1.56. The minimum Gasteiger partial charge on any atom is -0.497 e. The van der Waals surface area contributed by atoms with Crippen LogP contribution in [0.25, 0.3) is 0 Å². The van der Waals surface area contributed by atoms with E-state index in [4.69, 9.17) is 14.2 Å². The van der Waals surface area contributed by atoms with E-state index < -0.39 is 15.4 Å². The fourth-order valence-electron chi connectivity index (χ4n) is 6.10. The summed E-state index contributed by atoms with van der Waals surface area (Å²) in [6.45, 7) is 2.06. The molecule has 0 radical (unpaired) electrons. The number of carbonyl (C=O) groups excluding carboxylic acids is 1. The summed E-state index contributed by atoms with van der Waals surface area (Å²) >= 11 is 0. The number of rotatable bonds is 9. The van der Waals surface area contributed by atoms with E-state index in [0.717, 1.165) is 54.9 Å². The molecule has 1 saturated carbocycles. The number of ether oxygens (including phenoxy) is 3. The van der Waals surface area contributed by atoms with E-state index >= 15 is 0 Å². The zero-order valence-electron chi connectivity index (χ0n) is 23.3. The molecule has 0 unspecified atom stereocenters. The minimum absolute atomic E-state index is 0.0365. The second-order valence-corrected chi connectivity index (χ2v) is 12.5. The van der Waals surface area contributed by atoms with Gasteiger partial charge in [0.2, 0.25) is 5.91 Å². The van der Waals surface area contributed by atoms with Crippen LogP contribution in [0.4, 0.5) is 11.4 Å². The van der Waals surface area contributed by atoms with Crippen molar-refractivity contribution in [1.29, 1.82) is 0 Å². The highest BCUT2D eigenvalue weighted by Crippen LogP contribution is 2.57. The Morgan fingerprint density at radius 1 is 0.976 bits per heavy atom. The van der Waals surface area contributed by atoms with Crippen LogP contribution in [-0.2, 0) is 26.8 Å². The van der Waals surface area contributed by atoms with E-state index in [2.05, 4.69) is 10.0 Å². The third kappa shape index (κ3) is 4.99. The molecule has 10 heteroatoms. The van der Waals surface area contributed by atoms with Gasteiger partial charge in [0.1, 0.15) is 28.2 Å². The molecule has 1 saturated heterocycles. The molecule has 2 N–H and O–H groups in total. The number of hydrogen-bond donors (Lipinski definition) is 2. The van der Waals surface area contributed by atoms with Gasteiger partial charge in [-0.05, 0) is 80.2 Å². The van der Waals surface area contributed by atoms with Gasteiger partial charge < -0.3 is 24.4 Å². The summed E-state index contributed by atoms with van der Waals surface area (Å²) in [7, 11) is -0.915. The molecule has 216 valence electrons. The Morgan fingerprint density at radius 2 is 1.71 bits per heavy atom. The van der Waals surface area contributed by atoms with Crippen LogP contribution in [0, 0.1) is 0 Å². The number of carbonyl (C=O) groups is 1. The van der Waals surface area contributed by atoms with E-state index in [-0.39, 0.29) is 22.7 Å². The number of fused-ring (bicyclic) bond motifs is 2. The lowest BCUT2D eigenvalue weighted by atomic mass is 9.65. The molecule has 0 atom stereocenters. The predicted octanol–water partition coefficient (Wildman–Crippen LogP) is 4.60. The van der Waals surface area contributed by atoms with Crippen LogP contribution in [0.2, 0.25) is 0 Å². The Morgan fingerprint density at radius 3 is 2.37 bits per heavy atom. The second kappa shape index (κ2) is 10.9. The van der Waals surface area contributed by atoms with Gasteiger partial charge in [-0.1, -0.05) is 30.7 Å². The molecule has 2 aliphatic heterocycles. The molecule has 6 rings (SSSR count). The second-order valence-electron chi connectivity index (χ2n) is 10.9. The first-order valence-corrected chi connectivity index (χ1v) is 15.5. The topological polar surface area (TPSA) is 106 Å². The number of para-hydroxylation sites is 1. The molecule has 41 heavy (non-hydrogen) atoms. The number of hydrogen-bond acceptors (Lipinski definition) is 7. The van der Waals surface area contributed by atoms with Gasteiger partial charge in [-0.25, -0.2) is 8.42 Å². The highest BCUT2D eigenvalue weighted by molar-refractivity contribution is 7.92. The molecule has 3 aromatic rings. The molecule has 2 heterocycles. The van der Waals surface area contributed by atoms with Gasteiger partial charge in [0.25, 0.3) is 10.0 Å². The number of methoxy groups -OCH3 is 2. The maximum Gasteiger partial charge on any atom is 0.265 e. The quantitative estimate of drug-likeness (QED) is 0.383. The third-order valence-corrected chi connectivity index (χ3v) is 9.83. The SMILES string of the molecule is COc1ccc(CN2C(=O)C3(CCC3)c3cc(NS(=O)(=O)c4ccccc4OC)cc(OC4CCNCC4)c32)cc1. The molecule has 3 aromatic carbocycles. The van der Waals surface area contributed by atoms with Crippen molar-refractivity contribution in [2.75, 3.05) is 36.9 Å². The molecule has 2 fully saturated rings. The van der Waals surface area contributed by atoms with E-state index in [9.17, 15) is 13.2 Å². The Hall–Kier alpha value is -3.76. The maximum absolute atomic E-state index is 14.1. The minimum atomic E-state index is -3.98. The van der Waals surface area contributed by atoms with Gasteiger partial charge in [0.05, 0.1) is 37.6 Å². The van der Waals surface area contributed by atoms with Gasteiger partial charge >= 0.3 is 0 Å². The van der Waals surface area contributed by atoms with E-state index in [1.807, 2.05) is 35.2 Å². The first-order chi connectivity index (χ1) is 19.8. The molecule has 1 spiro atoms. The van der Waals surface area contributed by atoms with Crippen LogP contribution in [0.3, 0.4) is 0 Å². The maximum atomic E-state index is 14.1. The Labute approximate surface area is 240 Å². The Bertz CT molecular complexity index is 1550. The zero-order valence-corrected chi connectivity index (χ0v) is 24.1. The van der Waals surface area contributed by atoms with Crippen molar-refractivity contribution in [1.82, 2.24) is 5.32 Å². The number of nitrogens with one attached hydrogen (secondary N) is 2. The summed E-state index contributed by atoms with van der Waals surface area (Å²) in [4.78, 5) is 16.0. The number of anilines is 2. The number of nitrogens with zero attached hydrogens (tertiary/aromatic N) is 1. The monoisotopic (exact) mass is 577 g/mol. The molecule has 0 aromatic heterocycles.